The predicted octanol–water partition coefficient (Wildman–Crippen LogP) is 0.656. The fourth-order valence-electron chi connectivity index (χ4n) is 2.20. The van der Waals surface area contributed by atoms with E-state index < -0.39 is 0 Å². The van der Waals surface area contributed by atoms with Crippen molar-refractivity contribution in [2.24, 2.45) is 5.73 Å². The number of nitrogens with one attached hydrogen (secondary N) is 1. The van der Waals surface area contributed by atoms with Gasteiger partial charge in [-0.1, -0.05) is 18.3 Å². The molecule has 2 heterocycles. The topological polar surface area (TPSA) is 79.2 Å². The zero-order chi connectivity index (χ0) is 13.1. The first kappa shape index (κ1) is 12.8. The average Bonchev–Trinajstić information content (AvgIpc) is 2.38. The van der Waals surface area contributed by atoms with E-state index in [1.165, 1.54) is 6.07 Å². The van der Waals surface area contributed by atoms with Crippen LogP contribution in [0.2, 0.25) is 0 Å². The van der Waals surface area contributed by atoms with Gasteiger partial charge in [-0.15, -0.1) is 0 Å². The third-order valence-corrected chi connectivity index (χ3v) is 3.36. The molecule has 1 saturated heterocycles. The largest absolute Gasteiger partial charge is 0.392 e. The summed E-state index contributed by atoms with van der Waals surface area (Å²) in [5.74, 6) is -0.217. The van der Waals surface area contributed by atoms with E-state index in [1.807, 2.05) is 0 Å². The maximum Gasteiger partial charge on any atom is 0.270 e. The van der Waals surface area contributed by atoms with Gasteiger partial charge in [0.2, 0.25) is 5.56 Å². The van der Waals surface area contributed by atoms with Crippen molar-refractivity contribution in [3.63, 3.8) is 0 Å². The molecule has 0 saturated carbocycles. The number of thiocarbonyl (C=S) groups is 1. The number of pyridine rings is 1. The SMILES string of the molecule is NC(=S)C1CCCCN1C(=O)c1cccc(=O)[nH]1. The van der Waals surface area contributed by atoms with Gasteiger partial charge in [-0.2, -0.15) is 0 Å². The van der Waals surface area contributed by atoms with E-state index in [4.69, 9.17) is 18.0 Å². The van der Waals surface area contributed by atoms with Crippen LogP contribution in [0.15, 0.2) is 23.0 Å². The van der Waals surface area contributed by atoms with Crippen molar-refractivity contribution in [3.05, 3.63) is 34.2 Å². The Morgan fingerprint density at radius 2 is 2.22 bits per heavy atom. The molecule has 1 aliphatic rings. The summed E-state index contributed by atoms with van der Waals surface area (Å²) in [5, 5.41) is 0. The molecule has 96 valence electrons. The minimum absolute atomic E-state index is 0.204. The lowest BCUT2D eigenvalue weighted by Crippen LogP contribution is -2.50. The Hall–Kier alpha value is -1.69. The number of nitrogens with zero attached hydrogens (tertiary/aromatic N) is 1. The van der Waals surface area contributed by atoms with Crippen molar-refractivity contribution < 1.29 is 4.79 Å². The second-order valence-electron chi connectivity index (χ2n) is 4.34. The van der Waals surface area contributed by atoms with Crippen LogP contribution in [0.3, 0.4) is 0 Å². The van der Waals surface area contributed by atoms with Gasteiger partial charge in [0.05, 0.1) is 11.0 Å². The maximum atomic E-state index is 12.3. The van der Waals surface area contributed by atoms with E-state index in [0.29, 0.717) is 11.5 Å². The first-order valence-electron chi connectivity index (χ1n) is 5.89. The van der Waals surface area contributed by atoms with Crippen LogP contribution in [0.4, 0.5) is 0 Å². The number of carbonyl (C=O) groups excluding carboxylic acids is 1. The lowest BCUT2D eigenvalue weighted by Gasteiger charge is -2.34. The highest BCUT2D eigenvalue weighted by Crippen LogP contribution is 2.19. The van der Waals surface area contributed by atoms with Gasteiger partial charge in [-0.25, -0.2) is 0 Å². The van der Waals surface area contributed by atoms with Crippen LogP contribution in [-0.2, 0) is 0 Å². The van der Waals surface area contributed by atoms with E-state index in [1.54, 1.807) is 17.0 Å². The number of amides is 1. The quantitative estimate of drug-likeness (QED) is 0.770. The summed E-state index contributed by atoms with van der Waals surface area (Å²) in [6, 6.07) is 4.32. The summed E-state index contributed by atoms with van der Waals surface area (Å²) < 4.78 is 0. The predicted molar refractivity (Wildman–Crippen MR) is 72.5 cm³/mol. The first-order valence-corrected chi connectivity index (χ1v) is 6.30. The van der Waals surface area contributed by atoms with Crippen molar-refractivity contribution >= 4 is 23.1 Å². The normalized spacial score (nSPS) is 19.6. The number of likely N-dealkylation sites (tertiary alicyclic amines) is 1. The molecule has 0 spiro atoms. The fraction of sp³-hybridized carbons (Fsp3) is 0.417. The number of rotatable bonds is 2. The van der Waals surface area contributed by atoms with Crippen molar-refractivity contribution in [3.8, 4) is 0 Å². The highest BCUT2D eigenvalue weighted by molar-refractivity contribution is 7.80. The molecular weight excluding hydrogens is 250 g/mol. The van der Waals surface area contributed by atoms with E-state index in [-0.39, 0.29) is 23.2 Å². The van der Waals surface area contributed by atoms with E-state index >= 15 is 0 Å². The maximum absolute atomic E-state index is 12.3. The highest BCUT2D eigenvalue weighted by Gasteiger charge is 2.29. The summed E-state index contributed by atoms with van der Waals surface area (Å²) in [4.78, 5) is 28.0. The van der Waals surface area contributed by atoms with Gasteiger partial charge in [-0.05, 0) is 25.3 Å². The van der Waals surface area contributed by atoms with Crippen LogP contribution in [0.1, 0.15) is 29.8 Å². The van der Waals surface area contributed by atoms with Crippen LogP contribution in [-0.4, -0.2) is 33.4 Å². The molecule has 0 aromatic carbocycles. The third kappa shape index (κ3) is 2.59. The number of piperidine rings is 1. The van der Waals surface area contributed by atoms with Crippen molar-refractivity contribution in [1.29, 1.82) is 0 Å². The number of carbonyl (C=O) groups is 1. The van der Waals surface area contributed by atoms with Crippen LogP contribution < -0.4 is 11.3 Å². The molecule has 1 aliphatic heterocycles. The average molecular weight is 265 g/mol. The lowest BCUT2D eigenvalue weighted by atomic mass is 10.0. The summed E-state index contributed by atoms with van der Waals surface area (Å²) in [6.07, 6.45) is 2.73. The van der Waals surface area contributed by atoms with Gasteiger partial charge in [0.1, 0.15) is 5.69 Å². The van der Waals surface area contributed by atoms with Gasteiger partial charge in [-0.3, -0.25) is 9.59 Å². The molecule has 3 N–H and O–H groups in total. The molecule has 2 rings (SSSR count). The van der Waals surface area contributed by atoms with Crippen LogP contribution >= 0.6 is 12.2 Å². The summed E-state index contributed by atoms with van der Waals surface area (Å²) in [7, 11) is 0. The summed E-state index contributed by atoms with van der Waals surface area (Å²) in [6.45, 7) is 0.623. The number of hydrogen-bond donors (Lipinski definition) is 2. The molecule has 5 nitrogen and oxygen atoms in total. The number of aromatic amines is 1. The Labute approximate surface area is 110 Å². The van der Waals surface area contributed by atoms with Gasteiger partial charge in [0, 0.05) is 12.6 Å². The number of nitrogens with two attached hydrogens (primary N) is 1. The molecule has 1 unspecified atom stereocenters. The van der Waals surface area contributed by atoms with Crippen molar-refractivity contribution in [2.45, 2.75) is 25.3 Å². The van der Waals surface area contributed by atoms with E-state index in [0.717, 1.165) is 19.3 Å². The first-order chi connectivity index (χ1) is 8.59. The molecular formula is C12H15N3O2S. The molecule has 6 heteroatoms. The van der Waals surface area contributed by atoms with E-state index in [9.17, 15) is 9.59 Å². The molecule has 1 aromatic rings. The molecule has 0 bridgehead atoms. The van der Waals surface area contributed by atoms with Gasteiger partial charge >= 0.3 is 0 Å². The minimum Gasteiger partial charge on any atom is -0.392 e. The fourth-order valence-corrected chi connectivity index (χ4v) is 2.44. The van der Waals surface area contributed by atoms with Crippen molar-refractivity contribution in [2.75, 3.05) is 6.54 Å². The third-order valence-electron chi connectivity index (χ3n) is 3.09. The van der Waals surface area contributed by atoms with Gasteiger partial charge in [0.25, 0.3) is 5.91 Å². The Bertz CT molecular complexity index is 526. The zero-order valence-corrected chi connectivity index (χ0v) is 10.7. The van der Waals surface area contributed by atoms with Gasteiger partial charge in [0.15, 0.2) is 0 Å². The monoisotopic (exact) mass is 265 g/mol. The standard InChI is InChI=1S/C12H15N3O2S/c13-11(18)9-5-1-2-7-15(9)12(17)8-4-3-6-10(16)14-8/h3-4,6,9H,1-2,5,7H2,(H2,13,18)(H,14,16). The molecule has 18 heavy (non-hydrogen) atoms. The minimum atomic E-state index is -0.287. The second kappa shape index (κ2) is 5.30. The molecule has 1 atom stereocenters. The van der Waals surface area contributed by atoms with Gasteiger partial charge < -0.3 is 15.6 Å². The van der Waals surface area contributed by atoms with Crippen LogP contribution in [0.25, 0.3) is 0 Å². The Morgan fingerprint density at radius 3 is 2.89 bits per heavy atom. The number of aromatic nitrogens is 1. The highest BCUT2D eigenvalue weighted by atomic mass is 32.1. The van der Waals surface area contributed by atoms with E-state index in [2.05, 4.69) is 4.98 Å². The van der Waals surface area contributed by atoms with Crippen LogP contribution in [0.5, 0.6) is 0 Å². The van der Waals surface area contributed by atoms with Crippen molar-refractivity contribution in [1.82, 2.24) is 9.88 Å². The Morgan fingerprint density at radius 1 is 1.44 bits per heavy atom. The Balaban J connectivity index is 2.26. The lowest BCUT2D eigenvalue weighted by molar-refractivity contribution is 0.0675. The summed E-state index contributed by atoms with van der Waals surface area (Å²) in [5.41, 5.74) is 5.66. The Kier molecular flexibility index (Phi) is 3.76. The van der Waals surface area contributed by atoms with Crippen LogP contribution in [0, 0.1) is 0 Å². The number of H-pyrrole nitrogens is 1. The number of hydrogen-bond acceptors (Lipinski definition) is 3. The molecule has 1 amide bonds. The molecule has 1 aromatic heterocycles. The molecule has 0 aliphatic carbocycles. The molecule has 0 radical (unpaired) electrons. The zero-order valence-electron chi connectivity index (χ0n) is 9.89. The molecule has 1 fully saturated rings. The summed E-state index contributed by atoms with van der Waals surface area (Å²) >= 11 is 5.00. The second-order valence-corrected chi connectivity index (χ2v) is 4.81. The smallest absolute Gasteiger partial charge is 0.270 e.